The molecule has 2 heterocycles. The monoisotopic (exact) mass is 390 g/mol. The lowest BCUT2D eigenvalue weighted by Gasteiger charge is -2.35. The summed E-state index contributed by atoms with van der Waals surface area (Å²) < 4.78 is 24.9. The van der Waals surface area contributed by atoms with Gasteiger partial charge >= 0.3 is 0 Å². The van der Waals surface area contributed by atoms with Gasteiger partial charge in [0, 0.05) is 0 Å². The number of ether oxygens (including phenoxy) is 3. The molecule has 5 heteroatoms. The molecule has 1 aromatic carbocycles. The molecule has 150 valence electrons. The van der Waals surface area contributed by atoms with Crippen molar-refractivity contribution in [2.75, 3.05) is 6.61 Å². The van der Waals surface area contributed by atoms with Crippen LogP contribution in [0, 0.1) is 0 Å². The van der Waals surface area contributed by atoms with Gasteiger partial charge in [0.05, 0.1) is 6.61 Å². The Labute approximate surface area is 165 Å². The van der Waals surface area contributed by atoms with Crippen molar-refractivity contribution >= 4 is 8.32 Å². The van der Waals surface area contributed by atoms with Gasteiger partial charge < -0.3 is 18.6 Å². The number of fused-ring (bicyclic) bond motifs is 1. The Morgan fingerprint density at radius 2 is 1.70 bits per heavy atom. The molecule has 0 amide bonds. The molecule has 0 aromatic heterocycles. The maximum atomic E-state index is 6.33. The van der Waals surface area contributed by atoms with Crippen LogP contribution in [0.3, 0.4) is 0 Å². The van der Waals surface area contributed by atoms with Crippen LogP contribution >= 0.6 is 0 Å². The van der Waals surface area contributed by atoms with Crippen molar-refractivity contribution in [1.82, 2.24) is 0 Å². The summed E-state index contributed by atoms with van der Waals surface area (Å²) in [5.41, 5.74) is 1.13. The average molecular weight is 391 g/mol. The first-order chi connectivity index (χ1) is 12.5. The molecule has 0 saturated carbocycles. The smallest absolute Gasteiger partial charge is 0.192 e. The minimum Gasteiger partial charge on any atom is -0.413 e. The van der Waals surface area contributed by atoms with Crippen molar-refractivity contribution in [3.05, 3.63) is 48.0 Å². The van der Waals surface area contributed by atoms with E-state index in [-0.39, 0.29) is 29.5 Å². The van der Waals surface area contributed by atoms with Gasteiger partial charge in [-0.2, -0.15) is 0 Å². The van der Waals surface area contributed by atoms with Crippen LogP contribution in [0.15, 0.2) is 42.5 Å². The summed E-state index contributed by atoms with van der Waals surface area (Å²) in [6, 6.07) is 10.3. The molecule has 0 bridgehead atoms. The summed E-state index contributed by atoms with van der Waals surface area (Å²) in [6.45, 7) is 15.8. The lowest BCUT2D eigenvalue weighted by molar-refractivity contribution is -0.183. The van der Waals surface area contributed by atoms with Crippen LogP contribution in [0.2, 0.25) is 18.1 Å². The number of rotatable bonds is 5. The van der Waals surface area contributed by atoms with E-state index in [4.69, 9.17) is 18.6 Å². The maximum Gasteiger partial charge on any atom is 0.192 e. The van der Waals surface area contributed by atoms with Crippen LogP contribution in [0.5, 0.6) is 0 Å². The first-order valence-electron chi connectivity index (χ1n) is 9.87. The van der Waals surface area contributed by atoms with Gasteiger partial charge in [0.25, 0.3) is 0 Å². The van der Waals surface area contributed by atoms with Gasteiger partial charge in [-0.15, -0.1) is 0 Å². The van der Waals surface area contributed by atoms with Gasteiger partial charge in [0.2, 0.25) is 0 Å². The molecule has 4 nitrogen and oxygen atoms in total. The van der Waals surface area contributed by atoms with Crippen LogP contribution in [-0.4, -0.2) is 39.0 Å². The fourth-order valence-electron chi connectivity index (χ4n) is 3.36. The van der Waals surface area contributed by atoms with Gasteiger partial charge in [-0.25, -0.2) is 0 Å². The van der Waals surface area contributed by atoms with E-state index in [0.717, 1.165) is 5.56 Å². The van der Waals surface area contributed by atoms with Gasteiger partial charge in [-0.1, -0.05) is 63.3 Å². The lowest BCUT2D eigenvalue weighted by atomic mass is 10.0. The molecule has 4 atom stereocenters. The molecule has 3 rings (SSSR count). The zero-order valence-electron chi connectivity index (χ0n) is 17.7. The minimum atomic E-state index is -1.75. The highest BCUT2D eigenvalue weighted by Crippen LogP contribution is 2.45. The van der Waals surface area contributed by atoms with Gasteiger partial charge in [0.1, 0.15) is 24.4 Å². The number of hydrogen-bond acceptors (Lipinski definition) is 4. The third-order valence-corrected chi connectivity index (χ3v) is 10.4. The number of benzene rings is 1. The Bertz CT molecular complexity index is 663. The molecule has 0 N–H and O–H groups in total. The lowest BCUT2D eigenvalue weighted by Crippen LogP contribution is -2.40. The Kier molecular flexibility index (Phi) is 5.72. The standard InChI is InChI=1S/C22H34O4Si/c1-21(2,3)27(6,7)23-15-11-14-17-19-20(26-22(4,5)25-19)18(24-17)16-12-9-8-10-13-16/h8-14,17-20H,15H2,1-7H3/b14-11-/t17-,18-,19+,20-/m0/s1. The Balaban J connectivity index is 1.69. The van der Waals surface area contributed by atoms with Crippen molar-refractivity contribution in [3.8, 4) is 0 Å². The zero-order valence-corrected chi connectivity index (χ0v) is 18.7. The second-order valence-electron chi connectivity index (χ2n) is 9.50. The molecule has 27 heavy (non-hydrogen) atoms. The summed E-state index contributed by atoms with van der Waals surface area (Å²) in [6.07, 6.45) is 3.70. The Hall–Kier alpha value is -0.983. The normalized spacial score (nSPS) is 30.8. The molecule has 2 fully saturated rings. The van der Waals surface area contributed by atoms with Crippen molar-refractivity contribution in [1.29, 1.82) is 0 Å². The fraction of sp³-hybridized carbons (Fsp3) is 0.636. The average Bonchev–Trinajstić information content (AvgIpc) is 3.05. The SMILES string of the molecule is CC1(C)O[C@@H]2[C@H](O1)[C@H](/C=C\CO[Si](C)(C)C(C)(C)C)O[C@H]2c1ccccc1. The maximum absolute atomic E-state index is 6.33. The van der Waals surface area contributed by atoms with Crippen LogP contribution in [-0.2, 0) is 18.6 Å². The molecule has 2 aliphatic rings. The molecule has 2 aliphatic heterocycles. The first-order valence-corrected chi connectivity index (χ1v) is 12.8. The molecular weight excluding hydrogens is 356 g/mol. The molecule has 0 aliphatic carbocycles. The van der Waals surface area contributed by atoms with Gasteiger partial charge in [-0.05, 0) is 37.5 Å². The van der Waals surface area contributed by atoms with E-state index >= 15 is 0 Å². The van der Waals surface area contributed by atoms with E-state index < -0.39 is 14.1 Å². The van der Waals surface area contributed by atoms with Crippen molar-refractivity contribution in [2.45, 2.75) is 83.0 Å². The summed E-state index contributed by atoms with van der Waals surface area (Å²) in [5, 5.41) is 0.209. The second-order valence-corrected chi connectivity index (χ2v) is 14.3. The van der Waals surface area contributed by atoms with E-state index in [1.165, 1.54) is 0 Å². The molecule has 1 aromatic rings. The van der Waals surface area contributed by atoms with Gasteiger partial charge in [0.15, 0.2) is 14.1 Å². The van der Waals surface area contributed by atoms with Crippen molar-refractivity contribution in [3.63, 3.8) is 0 Å². The van der Waals surface area contributed by atoms with E-state index in [1.54, 1.807) is 0 Å². The first kappa shape index (κ1) is 20.7. The Morgan fingerprint density at radius 1 is 1.07 bits per heavy atom. The predicted molar refractivity (Wildman–Crippen MR) is 110 cm³/mol. The molecule has 0 spiro atoms. The topological polar surface area (TPSA) is 36.9 Å². The van der Waals surface area contributed by atoms with Gasteiger partial charge in [-0.3, -0.25) is 0 Å². The van der Waals surface area contributed by atoms with Crippen molar-refractivity contribution < 1.29 is 18.6 Å². The van der Waals surface area contributed by atoms with E-state index in [9.17, 15) is 0 Å². The van der Waals surface area contributed by atoms with E-state index in [0.29, 0.717) is 6.61 Å². The fourth-order valence-corrected chi connectivity index (χ4v) is 4.30. The van der Waals surface area contributed by atoms with Crippen LogP contribution < -0.4 is 0 Å². The Morgan fingerprint density at radius 3 is 2.33 bits per heavy atom. The van der Waals surface area contributed by atoms with E-state index in [1.807, 2.05) is 32.0 Å². The van der Waals surface area contributed by atoms with Crippen LogP contribution in [0.4, 0.5) is 0 Å². The summed E-state index contributed by atoms with van der Waals surface area (Å²) in [5.74, 6) is -0.587. The molecule has 2 saturated heterocycles. The predicted octanol–water partition coefficient (Wildman–Crippen LogP) is 5.22. The highest BCUT2D eigenvalue weighted by molar-refractivity contribution is 6.74. The largest absolute Gasteiger partial charge is 0.413 e. The highest BCUT2D eigenvalue weighted by Gasteiger charge is 2.54. The van der Waals surface area contributed by atoms with E-state index in [2.05, 4.69) is 58.2 Å². The third kappa shape index (κ3) is 4.54. The van der Waals surface area contributed by atoms with Crippen LogP contribution in [0.1, 0.15) is 46.3 Å². The highest BCUT2D eigenvalue weighted by atomic mass is 28.4. The molecular formula is C22H34O4Si. The van der Waals surface area contributed by atoms with Crippen molar-refractivity contribution in [2.24, 2.45) is 0 Å². The number of hydrogen-bond donors (Lipinski definition) is 0. The molecule has 0 radical (unpaired) electrons. The zero-order chi connectivity index (χ0) is 19.9. The van der Waals surface area contributed by atoms with Crippen LogP contribution in [0.25, 0.3) is 0 Å². The summed E-state index contributed by atoms with van der Waals surface area (Å²) in [4.78, 5) is 0. The minimum absolute atomic E-state index is 0.0987. The summed E-state index contributed by atoms with van der Waals surface area (Å²) in [7, 11) is -1.75. The molecule has 0 unspecified atom stereocenters. The second kappa shape index (κ2) is 7.45. The summed E-state index contributed by atoms with van der Waals surface area (Å²) >= 11 is 0. The third-order valence-electron chi connectivity index (χ3n) is 5.89. The quantitative estimate of drug-likeness (QED) is 0.510.